The number of nitrogens with one attached hydrogen (secondary N) is 2. The topological polar surface area (TPSA) is 225 Å². The van der Waals surface area contributed by atoms with Gasteiger partial charge in [-0.25, -0.2) is 14.5 Å². The Hall–Kier alpha value is -6.50. The second kappa shape index (κ2) is 16.9. The van der Waals surface area contributed by atoms with Gasteiger partial charge < -0.3 is 49.6 Å². The van der Waals surface area contributed by atoms with Crippen LogP contribution in [0.25, 0.3) is 11.3 Å². The Morgan fingerprint density at radius 3 is 1.72 bits per heavy atom. The quantitative estimate of drug-likeness (QED) is 0.0866. The molecular weight excluding hydrogens is 873 g/mol. The predicted molar refractivity (Wildman–Crippen MR) is 249 cm³/mol. The number of aliphatic hydroxyl groups is 3. The molecular formula is C50H58N8O10. The number of ether oxygens (including phenoxy) is 5. The van der Waals surface area contributed by atoms with Crippen LogP contribution in [0.1, 0.15) is 125 Å². The van der Waals surface area contributed by atoms with Crippen molar-refractivity contribution in [2.45, 2.75) is 153 Å². The number of carbonyl (C=O) groups excluding carboxylic acids is 2. The first-order valence-electron chi connectivity index (χ1n) is 23.4. The standard InChI is InChI=1S/C50H58N8O10/c1-47(2,62)49(5)24-28-20-36(55-45(60)34-26-53-57-19-7-17-51-43(34)57)41(23-39(28)68-49)65-32-12-14-33(15-13-32)66-42-16-18-52-44-35(27-54-58(42)44)46(61)56-37-21-29-25-50(6,48(3,4)63)67-38(29)22-40(37)64-31-10-8-30(59)9-11-31/h7,16-23,26-27,30-33,59,62-63H,8-15,24-25H2,1-6H3,(H,55,60)(H,56,61)/t30?,31?,32?,33?,49-,50+/m0/s1. The normalized spacial score (nSPS) is 24.7. The molecule has 358 valence electrons. The van der Waals surface area contributed by atoms with E-state index < -0.39 is 34.2 Å². The SMILES string of the molecule is CC(C)(O)[C@@]1(C)Cc2cc(NC(=O)c3cnn4c(OC5CCC(Oc6cc7c(cc6NC(=O)c6cnn8cccnc68)C[C@@](C)(C(C)(C)O)O7)CC5)ccnc34)c(OC3CCC(O)CC3)cc2O1. The van der Waals surface area contributed by atoms with E-state index in [-0.39, 0.29) is 30.0 Å². The van der Waals surface area contributed by atoms with Gasteiger partial charge >= 0.3 is 0 Å². The molecule has 2 aliphatic carbocycles. The molecule has 0 saturated heterocycles. The zero-order valence-electron chi connectivity index (χ0n) is 39.1. The van der Waals surface area contributed by atoms with Gasteiger partial charge in [0.1, 0.15) is 51.4 Å². The minimum Gasteiger partial charge on any atom is -0.488 e. The molecule has 0 unspecified atom stereocenters. The van der Waals surface area contributed by atoms with Crippen LogP contribution in [0.3, 0.4) is 0 Å². The number of amides is 2. The summed E-state index contributed by atoms with van der Waals surface area (Å²) in [5.41, 5.74) is -0.220. The fourth-order valence-corrected chi connectivity index (χ4v) is 9.48. The van der Waals surface area contributed by atoms with Gasteiger partial charge in [-0.05, 0) is 111 Å². The van der Waals surface area contributed by atoms with Crippen molar-refractivity contribution >= 4 is 34.5 Å². The Bertz CT molecular complexity index is 2910. The van der Waals surface area contributed by atoms with Crippen LogP contribution < -0.4 is 34.3 Å². The minimum absolute atomic E-state index is 0.155. The van der Waals surface area contributed by atoms with Crippen LogP contribution >= 0.6 is 0 Å². The maximum Gasteiger partial charge on any atom is 0.261 e. The lowest BCUT2D eigenvalue weighted by atomic mass is 9.84. The number of carbonyl (C=O) groups is 2. The van der Waals surface area contributed by atoms with Crippen LogP contribution in [0.5, 0.6) is 28.9 Å². The molecule has 68 heavy (non-hydrogen) atoms. The smallest absolute Gasteiger partial charge is 0.261 e. The fraction of sp³-hybridized carbons (Fsp3) is 0.480. The molecule has 0 radical (unpaired) electrons. The number of anilines is 2. The van der Waals surface area contributed by atoms with Crippen LogP contribution in [-0.2, 0) is 12.8 Å². The van der Waals surface area contributed by atoms with Gasteiger partial charge in [0, 0.05) is 60.8 Å². The fourth-order valence-electron chi connectivity index (χ4n) is 9.48. The van der Waals surface area contributed by atoms with Crippen LogP contribution in [0, 0.1) is 0 Å². The van der Waals surface area contributed by atoms with E-state index in [1.165, 1.54) is 21.4 Å². The van der Waals surface area contributed by atoms with Crippen molar-refractivity contribution in [1.29, 1.82) is 0 Å². The van der Waals surface area contributed by atoms with Crippen molar-refractivity contribution in [2.24, 2.45) is 0 Å². The van der Waals surface area contributed by atoms with Crippen molar-refractivity contribution in [2.75, 3.05) is 10.6 Å². The maximum absolute atomic E-state index is 14.1. The highest BCUT2D eigenvalue weighted by molar-refractivity contribution is 6.09. The van der Waals surface area contributed by atoms with Gasteiger partial charge in [-0.15, -0.1) is 0 Å². The lowest BCUT2D eigenvalue weighted by Crippen LogP contribution is -2.51. The second-order valence-corrected chi connectivity index (χ2v) is 20.2. The molecule has 0 spiro atoms. The number of benzene rings is 2. The highest BCUT2D eigenvalue weighted by Crippen LogP contribution is 2.47. The third kappa shape index (κ3) is 8.53. The van der Waals surface area contributed by atoms with Gasteiger partial charge in [0.25, 0.3) is 11.8 Å². The van der Waals surface area contributed by atoms with Crippen LogP contribution in [0.2, 0.25) is 0 Å². The summed E-state index contributed by atoms with van der Waals surface area (Å²) in [5, 5.41) is 47.0. The molecule has 18 heteroatoms. The molecule has 5 N–H and O–H groups in total. The number of fused-ring (bicyclic) bond motifs is 4. The molecule has 2 aromatic carbocycles. The molecule has 4 aliphatic rings. The van der Waals surface area contributed by atoms with Crippen molar-refractivity contribution < 1.29 is 48.6 Å². The van der Waals surface area contributed by atoms with E-state index in [9.17, 15) is 24.9 Å². The summed E-state index contributed by atoms with van der Waals surface area (Å²) >= 11 is 0. The first-order valence-corrected chi connectivity index (χ1v) is 23.4. The van der Waals surface area contributed by atoms with Gasteiger partial charge in [0.05, 0.1) is 53.3 Å². The highest BCUT2D eigenvalue weighted by Gasteiger charge is 2.48. The van der Waals surface area contributed by atoms with Gasteiger partial charge in [0.15, 0.2) is 11.3 Å². The monoisotopic (exact) mass is 930 g/mol. The van der Waals surface area contributed by atoms with Crippen molar-refractivity contribution in [1.82, 2.24) is 29.2 Å². The molecule has 2 amide bonds. The van der Waals surface area contributed by atoms with E-state index in [0.717, 1.165) is 11.1 Å². The molecule has 4 aromatic heterocycles. The summed E-state index contributed by atoms with van der Waals surface area (Å²) in [6.07, 6.45) is 13.0. The molecule has 6 heterocycles. The summed E-state index contributed by atoms with van der Waals surface area (Å²) < 4.78 is 35.4. The lowest BCUT2D eigenvalue weighted by Gasteiger charge is -2.36. The number of aromatic nitrogens is 6. The third-order valence-electron chi connectivity index (χ3n) is 14.4. The Morgan fingerprint density at radius 1 is 0.691 bits per heavy atom. The molecule has 2 saturated carbocycles. The van der Waals surface area contributed by atoms with Gasteiger partial charge in [-0.1, -0.05) is 0 Å². The zero-order chi connectivity index (χ0) is 47.8. The molecule has 2 fully saturated rings. The van der Waals surface area contributed by atoms with Crippen molar-refractivity contribution in [3.05, 3.63) is 89.6 Å². The number of rotatable bonds is 12. The van der Waals surface area contributed by atoms with E-state index in [0.29, 0.717) is 121 Å². The number of aliphatic hydroxyl groups excluding tert-OH is 1. The Kier molecular flexibility index (Phi) is 11.3. The van der Waals surface area contributed by atoms with Crippen LogP contribution in [0.15, 0.2) is 67.4 Å². The predicted octanol–water partition coefficient (Wildman–Crippen LogP) is 6.66. The van der Waals surface area contributed by atoms with E-state index in [2.05, 4.69) is 30.8 Å². The molecule has 2 aliphatic heterocycles. The van der Waals surface area contributed by atoms with E-state index in [4.69, 9.17) is 23.7 Å². The van der Waals surface area contributed by atoms with Gasteiger partial charge in [0.2, 0.25) is 5.88 Å². The maximum atomic E-state index is 14.1. The number of hydrogen-bond donors (Lipinski definition) is 5. The summed E-state index contributed by atoms with van der Waals surface area (Å²) in [4.78, 5) is 36.7. The average molecular weight is 931 g/mol. The molecule has 0 bridgehead atoms. The van der Waals surface area contributed by atoms with E-state index in [1.54, 1.807) is 70.6 Å². The Balaban J connectivity index is 0.832. The van der Waals surface area contributed by atoms with Crippen LogP contribution in [0.4, 0.5) is 11.4 Å². The first kappa shape index (κ1) is 45.3. The number of hydrogen-bond acceptors (Lipinski definition) is 14. The summed E-state index contributed by atoms with van der Waals surface area (Å²) in [6, 6.07) is 10.7. The van der Waals surface area contributed by atoms with Gasteiger partial charge in [-0.3, -0.25) is 9.59 Å². The molecule has 2 atom stereocenters. The van der Waals surface area contributed by atoms with Crippen LogP contribution in [-0.4, -0.2) is 103 Å². The minimum atomic E-state index is -1.15. The Morgan fingerprint density at radius 2 is 1.18 bits per heavy atom. The largest absolute Gasteiger partial charge is 0.488 e. The van der Waals surface area contributed by atoms with Gasteiger partial charge in [-0.2, -0.15) is 14.7 Å². The summed E-state index contributed by atoms with van der Waals surface area (Å²) in [5.74, 6) is 1.64. The van der Waals surface area contributed by atoms with E-state index in [1.807, 2.05) is 26.0 Å². The first-order chi connectivity index (χ1) is 32.3. The third-order valence-corrected chi connectivity index (χ3v) is 14.4. The lowest BCUT2D eigenvalue weighted by molar-refractivity contribution is -0.0901. The van der Waals surface area contributed by atoms with Crippen molar-refractivity contribution in [3.8, 4) is 28.9 Å². The average Bonchev–Trinajstić information content (AvgIpc) is 4.08. The Labute approximate surface area is 392 Å². The second-order valence-electron chi connectivity index (χ2n) is 20.2. The summed E-state index contributed by atoms with van der Waals surface area (Å²) in [6.45, 7) is 10.6. The van der Waals surface area contributed by atoms with E-state index >= 15 is 0 Å². The molecule has 6 aromatic rings. The molecule has 10 rings (SSSR count). The molecule has 18 nitrogen and oxygen atoms in total. The summed E-state index contributed by atoms with van der Waals surface area (Å²) in [7, 11) is 0. The van der Waals surface area contributed by atoms with Crippen molar-refractivity contribution in [3.63, 3.8) is 0 Å². The zero-order valence-corrected chi connectivity index (χ0v) is 39.1. The highest BCUT2D eigenvalue weighted by atomic mass is 16.5. The number of nitrogens with zero attached hydrogens (tertiary/aromatic N) is 6.